The molecule has 0 fully saturated rings. The molecule has 5 heteroatoms. The predicted octanol–water partition coefficient (Wildman–Crippen LogP) is 0.928. The van der Waals surface area contributed by atoms with Crippen molar-refractivity contribution < 1.29 is 13.6 Å². The van der Waals surface area contributed by atoms with Crippen LogP contribution in [0.5, 0.6) is 0 Å². The first-order chi connectivity index (χ1) is 7.00. The molecule has 15 heavy (non-hydrogen) atoms. The summed E-state index contributed by atoms with van der Waals surface area (Å²) in [6, 6.07) is 3.06. The van der Waals surface area contributed by atoms with Crippen molar-refractivity contribution in [2.24, 2.45) is 5.73 Å². The van der Waals surface area contributed by atoms with E-state index in [0.717, 1.165) is 12.1 Å². The Bertz CT molecular complexity index is 368. The summed E-state index contributed by atoms with van der Waals surface area (Å²) in [6.45, 7) is 1.86. The maximum absolute atomic E-state index is 12.8. The fourth-order valence-corrected chi connectivity index (χ4v) is 1.02. The van der Waals surface area contributed by atoms with Crippen LogP contribution in [0.25, 0.3) is 0 Å². The van der Waals surface area contributed by atoms with Crippen LogP contribution >= 0.6 is 0 Å². The molecular weight excluding hydrogens is 202 g/mol. The van der Waals surface area contributed by atoms with Crippen molar-refractivity contribution in [1.82, 2.24) is 5.32 Å². The second-order valence-electron chi connectivity index (χ2n) is 3.25. The quantitative estimate of drug-likeness (QED) is 0.783. The first-order valence-electron chi connectivity index (χ1n) is 4.47. The van der Waals surface area contributed by atoms with Crippen molar-refractivity contribution in [1.29, 1.82) is 0 Å². The lowest BCUT2D eigenvalue weighted by molar-refractivity contribution is -0.119. The van der Waals surface area contributed by atoms with E-state index < -0.39 is 23.6 Å². The second-order valence-corrected chi connectivity index (χ2v) is 3.25. The highest BCUT2D eigenvalue weighted by Crippen LogP contribution is 2.08. The Labute approximate surface area is 86.3 Å². The highest BCUT2D eigenvalue weighted by Gasteiger charge is 2.08. The van der Waals surface area contributed by atoms with Crippen molar-refractivity contribution in [3.05, 3.63) is 35.4 Å². The Morgan fingerprint density at radius 3 is 2.67 bits per heavy atom. The van der Waals surface area contributed by atoms with E-state index in [-0.39, 0.29) is 6.54 Å². The number of hydrogen-bond donors (Lipinski definition) is 2. The molecule has 3 nitrogen and oxygen atoms in total. The molecule has 1 rings (SSSR count). The van der Waals surface area contributed by atoms with Gasteiger partial charge in [-0.3, -0.25) is 4.79 Å². The second kappa shape index (κ2) is 4.84. The summed E-state index contributed by atoms with van der Waals surface area (Å²) in [4.78, 5) is 10.7. The summed E-state index contributed by atoms with van der Waals surface area (Å²) < 4.78 is 25.3. The van der Waals surface area contributed by atoms with Gasteiger partial charge in [0.25, 0.3) is 0 Å². The minimum Gasteiger partial charge on any atom is -0.368 e. The number of hydrogen-bond acceptors (Lipinski definition) is 2. The number of primary amides is 1. The van der Waals surface area contributed by atoms with Crippen LogP contribution in [0.3, 0.4) is 0 Å². The number of nitrogens with two attached hydrogens (primary N) is 1. The van der Waals surface area contributed by atoms with E-state index in [1.807, 2.05) is 0 Å². The molecule has 0 bridgehead atoms. The van der Waals surface area contributed by atoms with Crippen LogP contribution in [0.1, 0.15) is 12.5 Å². The van der Waals surface area contributed by atoms with Crippen molar-refractivity contribution in [2.45, 2.75) is 19.5 Å². The molecule has 0 heterocycles. The lowest BCUT2D eigenvalue weighted by atomic mass is 10.2. The number of amides is 1. The van der Waals surface area contributed by atoms with Gasteiger partial charge in [-0.15, -0.1) is 0 Å². The average molecular weight is 214 g/mol. The normalized spacial score (nSPS) is 12.5. The zero-order valence-electron chi connectivity index (χ0n) is 8.26. The van der Waals surface area contributed by atoms with E-state index in [9.17, 15) is 13.6 Å². The molecule has 0 radical (unpaired) electrons. The summed E-state index contributed by atoms with van der Waals surface area (Å²) in [5, 5.41) is 2.78. The smallest absolute Gasteiger partial charge is 0.234 e. The number of carbonyl (C=O) groups excluding carboxylic acids is 1. The van der Waals surface area contributed by atoms with Crippen molar-refractivity contribution in [2.75, 3.05) is 0 Å². The fraction of sp³-hybridized carbons (Fsp3) is 0.300. The number of benzene rings is 1. The Morgan fingerprint density at radius 1 is 1.47 bits per heavy atom. The third-order valence-electron chi connectivity index (χ3n) is 2.02. The Morgan fingerprint density at radius 2 is 2.13 bits per heavy atom. The van der Waals surface area contributed by atoms with Crippen LogP contribution in [0.4, 0.5) is 8.78 Å². The van der Waals surface area contributed by atoms with Crippen LogP contribution in [0.2, 0.25) is 0 Å². The largest absolute Gasteiger partial charge is 0.368 e. The van der Waals surface area contributed by atoms with E-state index in [4.69, 9.17) is 5.73 Å². The van der Waals surface area contributed by atoms with E-state index >= 15 is 0 Å². The van der Waals surface area contributed by atoms with Crippen LogP contribution in [0, 0.1) is 11.6 Å². The lowest BCUT2D eigenvalue weighted by Gasteiger charge is -2.09. The van der Waals surface area contributed by atoms with Gasteiger partial charge in [0.05, 0.1) is 6.04 Å². The van der Waals surface area contributed by atoms with E-state index in [2.05, 4.69) is 5.32 Å². The molecular formula is C10H12F2N2O. The summed E-state index contributed by atoms with van der Waals surface area (Å²) in [6.07, 6.45) is 0. The Kier molecular flexibility index (Phi) is 3.74. The first kappa shape index (κ1) is 11.6. The van der Waals surface area contributed by atoms with Crippen LogP contribution in [-0.2, 0) is 11.3 Å². The fourth-order valence-electron chi connectivity index (χ4n) is 1.02. The SMILES string of the molecule is CC(NCc1ccc(F)c(F)c1)C(N)=O. The lowest BCUT2D eigenvalue weighted by Crippen LogP contribution is -2.38. The highest BCUT2D eigenvalue weighted by molar-refractivity contribution is 5.79. The van der Waals surface area contributed by atoms with Gasteiger partial charge >= 0.3 is 0 Å². The molecule has 0 aromatic heterocycles. The number of carbonyl (C=O) groups is 1. The maximum Gasteiger partial charge on any atom is 0.234 e. The number of rotatable bonds is 4. The minimum absolute atomic E-state index is 0.265. The van der Waals surface area contributed by atoms with Crippen molar-refractivity contribution in [3.8, 4) is 0 Å². The van der Waals surface area contributed by atoms with Crippen LogP contribution in [0.15, 0.2) is 18.2 Å². The average Bonchev–Trinajstić information content (AvgIpc) is 2.19. The monoisotopic (exact) mass is 214 g/mol. The molecule has 0 aliphatic carbocycles. The van der Waals surface area contributed by atoms with Gasteiger partial charge in [0.1, 0.15) is 0 Å². The summed E-state index contributed by atoms with van der Waals surface area (Å²) in [5.74, 6) is -2.28. The molecule has 1 aromatic carbocycles. The first-order valence-corrected chi connectivity index (χ1v) is 4.47. The molecule has 1 atom stereocenters. The Hall–Kier alpha value is -1.49. The molecule has 0 saturated heterocycles. The molecule has 1 aromatic rings. The van der Waals surface area contributed by atoms with Gasteiger partial charge in [0.15, 0.2) is 11.6 Å². The third kappa shape index (κ3) is 3.28. The van der Waals surface area contributed by atoms with Gasteiger partial charge in [0.2, 0.25) is 5.91 Å². The van der Waals surface area contributed by atoms with E-state index in [0.29, 0.717) is 5.56 Å². The zero-order valence-corrected chi connectivity index (χ0v) is 8.26. The molecule has 3 N–H and O–H groups in total. The standard InChI is InChI=1S/C10H12F2N2O/c1-6(10(13)15)14-5-7-2-3-8(11)9(12)4-7/h2-4,6,14H,5H2,1H3,(H2,13,15). The summed E-state index contributed by atoms with van der Waals surface area (Å²) in [5.41, 5.74) is 5.58. The number of nitrogens with one attached hydrogen (secondary N) is 1. The van der Waals surface area contributed by atoms with Crippen LogP contribution < -0.4 is 11.1 Å². The van der Waals surface area contributed by atoms with Crippen molar-refractivity contribution >= 4 is 5.91 Å². The molecule has 0 spiro atoms. The van der Waals surface area contributed by atoms with Crippen molar-refractivity contribution in [3.63, 3.8) is 0 Å². The maximum atomic E-state index is 12.8. The van der Waals surface area contributed by atoms with Gasteiger partial charge in [-0.25, -0.2) is 8.78 Å². The molecule has 82 valence electrons. The zero-order chi connectivity index (χ0) is 11.4. The van der Waals surface area contributed by atoms with Crippen LogP contribution in [-0.4, -0.2) is 11.9 Å². The minimum atomic E-state index is -0.902. The van der Waals surface area contributed by atoms with E-state index in [1.54, 1.807) is 6.92 Å². The number of halogens is 2. The Balaban J connectivity index is 2.58. The topological polar surface area (TPSA) is 55.1 Å². The van der Waals surface area contributed by atoms with Gasteiger partial charge in [-0.05, 0) is 24.6 Å². The molecule has 1 unspecified atom stereocenters. The van der Waals surface area contributed by atoms with Gasteiger partial charge < -0.3 is 11.1 Å². The summed E-state index contributed by atoms with van der Waals surface area (Å²) in [7, 11) is 0. The molecule has 0 saturated carbocycles. The third-order valence-corrected chi connectivity index (χ3v) is 2.02. The summed E-state index contributed by atoms with van der Waals surface area (Å²) >= 11 is 0. The van der Waals surface area contributed by atoms with Gasteiger partial charge in [-0.2, -0.15) is 0 Å². The highest BCUT2D eigenvalue weighted by atomic mass is 19.2. The van der Waals surface area contributed by atoms with E-state index in [1.165, 1.54) is 6.07 Å². The van der Waals surface area contributed by atoms with Gasteiger partial charge in [-0.1, -0.05) is 6.07 Å². The molecule has 0 aliphatic heterocycles. The van der Waals surface area contributed by atoms with Gasteiger partial charge in [0, 0.05) is 6.54 Å². The molecule has 1 amide bonds. The molecule has 0 aliphatic rings. The predicted molar refractivity (Wildman–Crippen MR) is 51.9 cm³/mol.